The molecule has 6 nitrogen and oxygen atoms in total. The van der Waals surface area contributed by atoms with Crippen molar-refractivity contribution in [3.8, 4) is 11.5 Å². The molecule has 3 aromatic rings. The van der Waals surface area contributed by atoms with Gasteiger partial charge in [0.15, 0.2) is 6.61 Å². The molecule has 26 heavy (non-hydrogen) atoms. The fraction of sp³-hybridized carbons (Fsp3) is 0.250. The van der Waals surface area contributed by atoms with Crippen LogP contribution in [0.4, 0.5) is 5.69 Å². The van der Waals surface area contributed by atoms with E-state index in [4.69, 9.17) is 9.15 Å². The molecule has 0 aliphatic heterocycles. The molecule has 3 rings (SSSR count). The molecule has 0 radical (unpaired) electrons. The first-order valence-corrected chi connectivity index (χ1v) is 8.61. The van der Waals surface area contributed by atoms with E-state index in [1.54, 1.807) is 12.1 Å². The number of anilines is 1. The third kappa shape index (κ3) is 4.08. The Hall–Kier alpha value is -3.15. The highest BCUT2D eigenvalue weighted by Gasteiger charge is 2.13. The summed E-state index contributed by atoms with van der Waals surface area (Å²) in [6.07, 6.45) is 0. The number of hydrogen-bond donors (Lipinski definition) is 0. The lowest BCUT2D eigenvalue weighted by molar-refractivity contribution is 0.0438. The molecule has 2 aromatic carbocycles. The quantitative estimate of drug-likeness (QED) is 0.601. The first kappa shape index (κ1) is 17.7. The number of hydrogen-bond acceptors (Lipinski definition) is 6. The zero-order chi connectivity index (χ0) is 18.4. The Balaban J connectivity index is 1.60. The minimum absolute atomic E-state index is 0.0591. The van der Waals surface area contributed by atoms with Gasteiger partial charge in [-0.1, -0.05) is 18.2 Å². The van der Waals surface area contributed by atoms with Crippen molar-refractivity contribution in [2.75, 3.05) is 18.0 Å². The van der Waals surface area contributed by atoms with Crippen LogP contribution in [0, 0.1) is 0 Å². The standard InChI is InChI=1S/C20H21N3O3/c1-3-23(4-2)17-12-10-16(11-13-17)20(24)25-14-18-21-22-19(26-18)15-8-6-5-7-9-15/h5-13H,3-4,14H2,1-2H3. The van der Waals surface area contributed by atoms with Crippen molar-refractivity contribution < 1.29 is 13.9 Å². The van der Waals surface area contributed by atoms with E-state index in [1.807, 2.05) is 42.5 Å². The summed E-state index contributed by atoms with van der Waals surface area (Å²) >= 11 is 0. The monoisotopic (exact) mass is 351 g/mol. The number of esters is 1. The molecule has 0 spiro atoms. The van der Waals surface area contributed by atoms with Crippen LogP contribution in [0.15, 0.2) is 59.0 Å². The number of aromatic nitrogens is 2. The molecule has 0 unspecified atom stereocenters. The lowest BCUT2D eigenvalue weighted by Crippen LogP contribution is -2.21. The molecule has 0 bridgehead atoms. The molecule has 0 atom stereocenters. The predicted octanol–water partition coefficient (Wildman–Crippen LogP) is 3.94. The first-order valence-electron chi connectivity index (χ1n) is 8.61. The van der Waals surface area contributed by atoms with E-state index < -0.39 is 5.97 Å². The Kier molecular flexibility index (Phi) is 5.63. The lowest BCUT2D eigenvalue weighted by Gasteiger charge is -2.20. The predicted molar refractivity (Wildman–Crippen MR) is 98.9 cm³/mol. The van der Waals surface area contributed by atoms with Gasteiger partial charge in [-0.2, -0.15) is 0 Å². The summed E-state index contributed by atoms with van der Waals surface area (Å²) in [6.45, 7) is 5.97. The van der Waals surface area contributed by atoms with Gasteiger partial charge in [0.2, 0.25) is 5.89 Å². The van der Waals surface area contributed by atoms with Gasteiger partial charge in [-0.3, -0.25) is 0 Å². The summed E-state index contributed by atoms with van der Waals surface area (Å²) in [5.74, 6) is 0.243. The van der Waals surface area contributed by atoms with Crippen molar-refractivity contribution in [3.05, 3.63) is 66.1 Å². The van der Waals surface area contributed by atoms with E-state index in [-0.39, 0.29) is 12.5 Å². The highest BCUT2D eigenvalue weighted by Crippen LogP contribution is 2.18. The average molecular weight is 351 g/mol. The van der Waals surface area contributed by atoms with Crippen molar-refractivity contribution in [2.45, 2.75) is 20.5 Å². The maximum atomic E-state index is 12.2. The van der Waals surface area contributed by atoms with Crippen LogP contribution in [0.3, 0.4) is 0 Å². The molecule has 1 heterocycles. The van der Waals surface area contributed by atoms with E-state index in [0.29, 0.717) is 11.5 Å². The van der Waals surface area contributed by atoms with Crippen LogP contribution < -0.4 is 4.90 Å². The molecule has 0 saturated heterocycles. The average Bonchev–Trinajstić information content (AvgIpc) is 3.17. The molecular weight excluding hydrogens is 330 g/mol. The smallest absolute Gasteiger partial charge is 0.338 e. The van der Waals surface area contributed by atoms with Gasteiger partial charge < -0.3 is 14.1 Å². The molecular formula is C20H21N3O3. The van der Waals surface area contributed by atoms with E-state index in [2.05, 4.69) is 28.9 Å². The fourth-order valence-electron chi connectivity index (χ4n) is 2.62. The molecule has 0 aliphatic carbocycles. The van der Waals surface area contributed by atoms with Gasteiger partial charge in [-0.25, -0.2) is 4.79 Å². The number of carbonyl (C=O) groups is 1. The molecule has 0 N–H and O–H groups in total. The number of rotatable bonds is 7. The third-order valence-corrected chi connectivity index (χ3v) is 4.05. The van der Waals surface area contributed by atoms with Crippen LogP contribution in [-0.2, 0) is 11.3 Å². The number of carbonyl (C=O) groups excluding carboxylic acids is 1. The Labute approximate surface area is 152 Å². The van der Waals surface area contributed by atoms with Crippen molar-refractivity contribution in [1.82, 2.24) is 10.2 Å². The van der Waals surface area contributed by atoms with Crippen molar-refractivity contribution >= 4 is 11.7 Å². The molecule has 1 aromatic heterocycles. The van der Waals surface area contributed by atoms with Crippen LogP contribution in [0.2, 0.25) is 0 Å². The minimum atomic E-state index is -0.421. The summed E-state index contributed by atoms with van der Waals surface area (Å²) < 4.78 is 10.8. The van der Waals surface area contributed by atoms with Gasteiger partial charge in [-0.05, 0) is 50.2 Å². The fourth-order valence-corrected chi connectivity index (χ4v) is 2.62. The molecule has 0 amide bonds. The second kappa shape index (κ2) is 8.29. The van der Waals surface area contributed by atoms with E-state index in [0.717, 1.165) is 24.3 Å². The largest absolute Gasteiger partial charge is 0.452 e. The van der Waals surface area contributed by atoms with E-state index in [1.165, 1.54) is 0 Å². The second-order valence-electron chi connectivity index (χ2n) is 5.66. The van der Waals surface area contributed by atoms with Crippen LogP contribution in [0.1, 0.15) is 30.1 Å². The molecule has 134 valence electrons. The summed E-state index contributed by atoms with van der Waals surface area (Å²) in [5.41, 5.74) is 2.39. The summed E-state index contributed by atoms with van der Waals surface area (Å²) in [7, 11) is 0. The lowest BCUT2D eigenvalue weighted by atomic mass is 10.2. The van der Waals surface area contributed by atoms with E-state index in [9.17, 15) is 4.79 Å². The van der Waals surface area contributed by atoms with Crippen molar-refractivity contribution in [3.63, 3.8) is 0 Å². The normalized spacial score (nSPS) is 10.5. The van der Waals surface area contributed by atoms with Crippen LogP contribution in [-0.4, -0.2) is 29.3 Å². The molecule has 6 heteroatoms. The first-order chi connectivity index (χ1) is 12.7. The van der Waals surface area contributed by atoms with Gasteiger partial charge in [0.1, 0.15) is 0 Å². The minimum Gasteiger partial charge on any atom is -0.452 e. The summed E-state index contributed by atoms with van der Waals surface area (Å²) in [5, 5.41) is 7.89. The Morgan fingerprint density at radius 2 is 1.69 bits per heavy atom. The Morgan fingerprint density at radius 1 is 1.00 bits per heavy atom. The Morgan fingerprint density at radius 3 is 2.35 bits per heavy atom. The topological polar surface area (TPSA) is 68.5 Å². The van der Waals surface area contributed by atoms with Gasteiger partial charge >= 0.3 is 5.97 Å². The Bertz CT molecular complexity index is 840. The zero-order valence-electron chi connectivity index (χ0n) is 14.9. The van der Waals surface area contributed by atoms with Crippen molar-refractivity contribution in [1.29, 1.82) is 0 Å². The summed E-state index contributed by atoms with van der Waals surface area (Å²) in [6, 6.07) is 16.8. The molecule has 0 saturated carbocycles. The van der Waals surface area contributed by atoms with Crippen LogP contribution in [0.25, 0.3) is 11.5 Å². The summed E-state index contributed by atoms with van der Waals surface area (Å²) in [4.78, 5) is 14.4. The van der Waals surface area contributed by atoms with Crippen molar-refractivity contribution in [2.24, 2.45) is 0 Å². The number of benzene rings is 2. The number of nitrogens with zero attached hydrogens (tertiary/aromatic N) is 3. The van der Waals surface area contributed by atoms with Gasteiger partial charge in [0.05, 0.1) is 5.56 Å². The number of ether oxygens (including phenoxy) is 1. The van der Waals surface area contributed by atoms with Crippen LogP contribution >= 0.6 is 0 Å². The molecule has 0 fully saturated rings. The zero-order valence-corrected chi connectivity index (χ0v) is 14.9. The molecule has 0 aliphatic rings. The van der Waals surface area contributed by atoms with Gasteiger partial charge in [-0.15, -0.1) is 10.2 Å². The maximum absolute atomic E-state index is 12.2. The second-order valence-corrected chi connectivity index (χ2v) is 5.66. The van der Waals surface area contributed by atoms with Gasteiger partial charge in [0.25, 0.3) is 5.89 Å². The SMILES string of the molecule is CCN(CC)c1ccc(C(=O)OCc2nnc(-c3ccccc3)o2)cc1. The maximum Gasteiger partial charge on any atom is 0.338 e. The highest BCUT2D eigenvalue weighted by molar-refractivity contribution is 5.89. The third-order valence-electron chi connectivity index (χ3n) is 4.05. The van der Waals surface area contributed by atoms with E-state index >= 15 is 0 Å². The van der Waals surface area contributed by atoms with Gasteiger partial charge in [0, 0.05) is 24.3 Å². The van der Waals surface area contributed by atoms with Crippen LogP contribution in [0.5, 0.6) is 0 Å². The highest BCUT2D eigenvalue weighted by atomic mass is 16.5.